The van der Waals surface area contributed by atoms with Gasteiger partial charge < -0.3 is 15.0 Å². The molecule has 1 unspecified atom stereocenters. The number of rotatable bonds is 5. The first-order valence-corrected chi connectivity index (χ1v) is 9.69. The Kier molecular flexibility index (Phi) is 4.73. The van der Waals surface area contributed by atoms with E-state index in [1.807, 2.05) is 0 Å². The van der Waals surface area contributed by atoms with E-state index in [4.69, 9.17) is 4.74 Å². The fraction of sp³-hybridized carbons (Fsp3) is 0.391. The van der Waals surface area contributed by atoms with Crippen LogP contribution in [0.3, 0.4) is 0 Å². The van der Waals surface area contributed by atoms with E-state index in [2.05, 4.69) is 73.5 Å². The number of fused-ring (bicyclic) bond motifs is 3. The van der Waals surface area contributed by atoms with Crippen LogP contribution in [0.15, 0.2) is 42.5 Å². The highest BCUT2D eigenvalue weighted by Crippen LogP contribution is 2.34. The molecule has 0 aliphatic carbocycles. The monoisotopic (exact) mass is 348 g/mol. The van der Waals surface area contributed by atoms with Gasteiger partial charge in [-0.25, -0.2) is 0 Å². The molecule has 1 aromatic heterocycles. The topological polar surface area (TPSA) is 37.0 Å². The van der Waals surface area contributed by atoms with E-state index in [1.165, 1.54) is 33.3 Å². The van der Waals surface area contributed by atoms with E-state index in [9.17, 15) is 0 Å². The highest BCUT2D eigenvalue weighted by molar-refractivity contribution is 5.86. The predicted octanol–water partition coefficient (Wildman–Crippen LogP) is 5.14. The van der Waals surface area contributed by atoms with Gasteiger partial charge in [0.05, 0.1) is 12.6 Å². The summed E-state index contributed by atoms with van der Waals surface area (Å²) in [5.41, 5.74) is 6.57. The summed E-state index contributed by atoms with van der Waals surface area (Å²) >= 11 is 0. The minimum atomic E-state index is 0.195. The van der Waals surface area contributed by atoms with E-state index < -0.39 is 0 Å². The molecule has 2 aromatic carbocycles. The van der Waals surface area contributed by atoms with E-state index in [1.54, 1.807) is 0 Å². The molecule has 0 saturated carbocycles. The number of nitrogens with one attached hydrogen (secondary N) is 2. The Morgan fingerprint density at radius 3 is 2.88 bits per heavy atom. The smallest absolute Gasteiger partial charge is 0.119 e. The maximum absolute atomic E-state index is 5.97. The van der Waals surface area contributed by atoms with Crippen molar-refractivity contribution in [2.24, 2.45) is 5.92 Å². The van der Waals surface area contributed by atoms with Crippen LogP contribution in [-0.4, -0.2) is 18.1 Å². The molecule has 3 heteroatoms. The summed E-state index contributed by atoms with van der Waals surface area (Å²) in [5, 5.41) is 5.05. The number of aromatic amines is 1. The zero-order valence-corrected chi connectivity index (χ0v) is 15.9. The Morgan fingerprint density at radius 1 is 1.15 bits per heavy atom. The normalized spacial score (nSPS) is 16.8. The van der Waals surface area contributed by atoms with Crippen LogP contribution in [0.1, 0.15) is 48.7 Å². The fourth-order valence-corrected chi connectivity index (χ4v) is 3.82. The molecule has 0 bridgehead atoms. The number of H-pyrrole nitrogens is 1. The van der Waals surface area contributed by atoms with Crippen molar-refractivity contribution >= 4 is 10.9 Å². The molecule has 136 valence electrons. The lowest BCUT2D eigenvalue weighted by Gasteiger charge is -2.25. The highest BCUT2D eigenvalue weighted by Gasteiger charge is 2.25. The third kappa shape index (κ3) is 3.36. The lowest BCUT2D eigenvalue weighted by Crippen LogP contribution is -2.30. The molecule has 1 aliphatic heterocycles. The zero-order chi connectivity index (χ0) is 18.1. The molecular weight excluding hydrogens is 320 g/mol. The highest BCUT2D eigenvalue weighted by atomic mass is 16.5. The van der Waals surface area contributed by atoms with Crippen molar-refractivity contribution < 1.29 is 4.74 Å². The molecule has 1 atom stereocenters. The molecular formula is C23H28N2O. The first-order chi connectivity index (χ1) is 12.6. The van der Waals surface area contributed by atoms with Crippen molar-refractivity contribution in [1.82, 2.24) is 10.3 Å². The van der Waals surface area contributed by atoms with Gasteiger partial charge in [-0.05, 0) is 61.1 Å². The third-order valence-corrected chi connectivity index (χ3v) is 5.26. The Morgan fingerprint density at radius 2 is 2.04 bits per heavy atom. The van der Waals surface area contributed by atoms with Gasteiger partial charge >= 0.3 is 0 Å². The van der Waals surface area contributed by atoms with Gasteiger partial charge in [0.1, 0.15) is 5.75 Å². The number of aromatic nitrogens is 1. The fourth-order valence-electron chi connectivity index (χ4n) is 3.82. The average molecular weight is 348 g/mol. The standard InChI is InChI=1S/C23H28N2O/c1-15(2)10-12-26-18-6-4-5-17(14-18)22-23-19(9-11-24-22)20-13-16(3)7-8-21(20)25-23/h4-8,13-15,22,24-25H,9-12H2,1-3H3. The van der Waals surface area contributed by atoms with Gasteiger partial charge in [0.25, 0.3) is 0 Å². The molecule has 3 nitrogen and oxygen atoms in total. The van der Waals surface area contributed by atoms with Crippen molar-refractivity contribution in [2.75, 3.05) is 13.2 Å². The number of aryl methyl sites for hydroxylation is 1. The molecule has 3 aromatic rings. The molecule has 0 amide bonds. The number of hydrogen-bond acceptors (Lipinski definition) is 2. The summed E-state index contributed by atoms with van der Waals surface area (Å²) in [6.07, 6.45) is 2.15. The molecule has 0 fully saturated rings. The van der Waals surface area contributed by atoms with Gasteiger partial charge in [-0.15, -0.1) is 0 Å². The average Bonchev–Trinajstić information content (AvgIpc) is 2.99. The van der Waals surface area contributed by atoms with Crippen LogP contribution in [0.4, 0.5) is 0 Å². The first-order valence-electron chi connectivity index (χ1n) is 9.69. The maximum Gasteiger partial charge on any atom is 0.119 e. The summed E-state index contributed by atoms with van der Waals surface area (Å²) in [4.78, 5) is 3.67. The van der Waals surface area contributed by atoms with Crippen LogP contribution in [0, 0.1) is 12.8 Å². The number of hydrogen-bond donors (Lipinski definition) is 2. The SMILES string of the molecule is Cc1ccc2[nH]c3c(c2c1)CCNC3c1cccc(OCCC(C)C)c1. The predicted molar refractivity (Wildman–Crippen MR) is 108 cm³/mol. The lowest BCUT2D eigenvalue weighted by molar-refractivity contribution is 0.289. The molecule has 0 radical (unpaired) electrons. The minimum Gasteiger partial charge on any atom is -0.494 e. The molecule has 4 rings (SSSR count). The van der Waals surface area contributed by atoms with Gasteiger partial charge in [-0.3, -0.25) is 0 Å². The number of ether oxygens (including phenoxy) is 1. The quantitative estimate of drug-likeness (QED) is 0.670. The van der Waals surface area contributed by atoms with Crippen LogP contribution >= 0.6 is 0 Å². The molecule has 0 spiro atoms. The lowest BCUT2D eigenvalue weighted by atomic mass is 9.94. The Bertz CT molecular complexity index is 910. The third-order valence-electron chi connectivity index (χ3n) is 5.26. The van der Waals surface area contributed by atoms with Crippen molar-refractivity contribution in [3.05, 3.63) is 64.8 Å². The van der Waals surface area contributed by atoms with E-state index >= 15 is 0 Å². The van der Waals surface area contributed by atoms with Crippen molar-refractivity contribution in [3.63, 3.8) is 0 Å². The second-order valence-electron chi connectivity index (χ2n) is 7.81. The minimum absolute atomic E-state index is 0.195. The summed E-state index contributed by atoms with van der Waals surface area (Å²) < 4.78 is 5.97. The van der Waals surface area contributed by atoms with Crippen LogP contribution in [0.25, 0.3) is 10.9 Å². The van der Waals surface area contributed by atoms with E-state index in [0.29, 0.717) is 5.92 Å². The van der Waals surface area contributed by atoms with Gasteiger partial charge in [0, 0.05) is 23.1 Å². The number of benzene rings is 2. The Labute approximate surface area is 155 Å². The second-order valence-corrected chi connectivity index (χ2v) is 7.81. The maximum atomic E-state index is 5.97. The van der Waals surface area contributed by atoms with Gasteiger partial charge in [-0.1, -0.05) is 37.6 Å². The van der Waals surface area contributed by atoms with Gasteiger partial charge in [0.2, 0.25) is 0 Å². The molecule has 26 heavy (non-hydrogen) atoms. The largest absolute Gasteiger partial charge is 0.494 e. The van der Waals surface area contributed by atoms with Crippen molar-refractivity contribution in [3.8, 4) is 5.75 Å². The summed E-state index contributed by atoms with van der Waals surface area (Å²) in [7, 11) is 0. The van der Waals surface area contributed by atoms with E-state index in [0.717, 1.165) is 31.7 Å². The van der Waals surface area contributed by atoms with Gasteiger partial charge in [-0.2, -0.15) is 0 Å². The van der Waals surface area contributed by atoms with Crippen molar-refractivity contribution in [2.45, 2.75) is 39.7 Å². The summed E-state index contributed by atoms with van der Waals surface area (Å²) in [5.74, 6) is 1.62. The van der Waals surface area contributed by atoms with Crippen molar-refractivity contribution in [1.29, 1.82) is 0 Å². The first kappa shape index (κ1) is 17.2. The molecule has 1 aliphatic rings. The zero-order valence-electron chi connectivity index (χ0n) is 15.9. The molecule has 2 N–H and O–H groups in total. The van der Waals surface area contributed by atoms with E-state index in [-0.39, 0.29) is 6.04 Å². The Balaban J connectivity index is 1.64. The van der Waals surface area contributed by atoms with Crippen LogP contribution in [0.5, 0.6) is 5.75 Å². The van der Waals surface area contributed by atoms with Crippen LogP contribution in [-0.2, 0) is 6.42 Å². The molecule has 2 heterocycles. The second kappa shape index (κ2) is 7.16. The summed E-state index contributed by atoms with van der Waals surface area (Å²) in [6, 6.07) is 15.4. The Hall–Kier alpha value is -2.26. The summed E-state index contributed by atoms with van der Waals surface area (Å²) in [6.45, 7) is 8.39. The van der Waals surface area contributed by atoms with Gasteiger partial charge in [0.15, 0.2) is 0 Å². The molecule has 0 saturated heterocycles. The van der Waals surface area contributed by atoms with Crippen LogP contribution < -0.4 is 10.1 Å². The van der Waals surface area contributed by atoms with Crippen LogP contribution in [0.2, 0.25) is 0 Å².